The van der Waals surface area contributed by atoms with Gasteiger partial charge >= 0.3 is 0 Å². The number of rotatable bonds is 5. The van der Waals surface area contributed by atoms with Crippen molar-refractivity contribution in [1.29, 1.82) is 0 Å². The molecule has 22 heavy (non-hydrogen) atoms. The van der Waals surface area contributed by atoms with Gasteiger partial charge in [-0.05, 0) is 36.1 Å². The first-order valence-corrected chi connectivity index (χ1v) is 8.02. The monoisotopic (exact) mass is 306 g/mol. The van der Waals surface area contributed by atoms with Crippen LogP contribution in [0.1, 0.15) is 38.5 Å². The van der Waals surface area contributed by atoms with E-state index in [1.807, 2.05) is 9.80 Å². The maximum Gasteiger partial charge on any atom is 0.222 e. The van der Waals surface area contributed by atoms with E-state index in [1.165, 1.54) is 0 Å². The summed E-state index contributed by atoms with van der Waals surface area (Å²) >= 11 is 0. The normalized spacial score (nSPS) is 22.4. The molecule has 3 heterocycles. The molecule has 0 unspecified atom stereocenters. The molecule has 0 radical (unpaired) electrons. The second-order valence-corrected chi connectivity index (χ2v) is 6.00. The second-order valence-electron chi connectivity index (χ2n) is 6.00. The molecular weight excluding hydrogens is 284 g/mol. The number of aryl methyl sites for hydroxylation is 1. The summed E-state index contributed by atoms with van der Waals surface area (Å²) in [6.45, 7) is 3.00. The quantitative estimate of drug-likeness (QED) is 0.768. The molecule has 0 N–H and O–H groups in total. The lowest BCUT2D eigenvalue weighted by Gasteiger charge is -2.37. The highest BCUT2D eigenvalue weighted by atomic mass is 16.2. The van der Waals surface area contributed by atoms with Gasteiger partial charge in [-0.1, -0.05) is 0 Å². The van der Waals surface area contributed by atoms with Crippen molar-refractivity contribution >= 4 is 11.8 Å². The highest BCUT2D eigenvalue weighted by Gasteiger charge is 2.32. The van der Waals surface area contributed by atoms with Crippen LogP contribution in [-0.2, 0) is 16.1 Å². The Kier molecular flexibility index (Phi) is 4.65. The average molecular weight is 306 g/mol. The first kappa shape index (κ1) is 14.9. The molecule has 0 saturated carbocycles. The summed E-state index contributed by atoms with van der Waals surface area (Å²) in [5, 5.41) is 10.9. The predicted octanol–water partition coefficient (Wildman–Crippen LogP) is 0.0667. The summed E-state index contributed by atoms with van der Waals surface area (Å²) in [7, 11) is 0. The molecule has 2 saturated heterocycles. The van der Waals surface area contributed by atoms with Gasteiger partial charge in [0, 0.05) is 45.1 Å². The van der Waals surface area contributed by atoms with Crippen LogP contribution < -0.4 is 0 Å². The van der Waals surface area contributed by atoms with Gasteiger partial charge in [-0.3, -0.25) is 9.59 Å². The van der Waals surface area contributed by atoms with E-state index in [0.29, 0.717) is 25.9 Å². The van der Waals surface area contributed by atoms with Gasteiger partial charge in [0.25, 0.3) is 0 Å². The van der Waals surface area contributed by atoms with Gasteiger partial charge in [0.15, 0.2) is 0 Å². The van der Waals surface area contributed by atoms with Gasteiger partial charge in [0.1, 0.15) is 6.33 Å². The van der Waals surface area contributed by atoms with E-state index < -0.39 is 0 Å². The summed E-state index contributed by atoms with van der Waals surface area (Å²) in [6.07, 6.45) is 6.40. The Hall–Kier alpha value is -1.99. The lowest BCUT2D eigenvalue weighted by Crippen LogP contribution is -2.50. The molecule has 0 aromatic carbocycles. The van der Waals surface area contributed by atoms with Crippen LogP contribution in [0.4, 0.5) is 0 Å². The third kappa shape index (κ3) is 3.42. The first-order chi connectivity index (χ1) is 10.7. The van der Waals surface area contributed by atoms with Crippen LogP contribution in [0, 0.1) is 0 Å². The largest absolute Gasteiger partial charge is 0.341 e. The molecule has 2 aliphatic heterocycles. The van der Waals surface area contributed by atoms with Gasteiger partial charge in [0.05, 0.1) is 0 Å². The highest BCUT2D eigenvalue weighted by Crippen LogP contribution is 2.22. The molecule has 3 rings (SSSR count). The molecule has 120 valence electrons. The molecule has 1 atom stereocenters. The molecule has 1 aromatic rings. The molecule has 0 spiro atoms. The molecule has 2 fully saturated rings. The van der Waals surface area contributed by atoms with Gasteiger partial charge < -0.3 is 9.80 Å². The van der Waals surface area contributed by atoms with Gasteiger partial charge in [0.2, 0.25) is 11.8 Å². The van der Waals surface area contributed by atoms with Crippen LogP contribution in [0.3, 0.4) is 0 Å². The number of carbonyl (C=O) groups excluding carboxylic acids is 2. The minimum Gasteiger partial charge on any atom is -0.341 e. The van der Waals surface area contributed by atoms with E-state index in [0.717, 1.165) is 38.8 Å². The standard InChI is InChI=1S/C14H22N6O2/c21-13(5-2-8-19-11-15-16-17-19)18-7-1-4-12(10-18)20-9-3-6-14(20)22/h11-12H,1-10H2/t12-/m1/s1. The maximum absolute atomic E-state index is 12.3. The van der Waals surface area contributed by atoms with Crippen LogP contribution in [0.15, 0.2) is 6.33 Å². The first-order valence-electron chi connectivity index (χ1n) is 8.02. The van der Waals surface area contributed by atoms with Crippen molar-refractivity contribution in [2.75, 3.05) is 19.6 Å². The number of amides is 2. The molecule has 8 nitrogen and oxygen atoms in total. The lowest BCUT2D eigenvalue weighted by molar-refractivity contribution is -0.137. The van der Waals surface area contributed by atoms with Crippen LogP contribution in [0.25, 0.3) is 0 Å². The van der Waals surface area contributed by atoms with Gasteiger partial charge in [-0.2, -0.15) is 0 Å². The average Bonchev–Trinajstić information content (AvgIpc) is 3.19. The minimum atomic E-state index is 0.171. The van der Waals surface area contributed by atoms with Crippen molar-refractivity contribution in [3.63, 3.8) is 0 Å². The summed E-state index contributed by atoms with van der Waals surface area (Å²) in [4.78, 5) is 28.1. The lowest BCUT2D eigenvalue weighted by atomic mass is 10.0. The second kappa shape index (κ2) is 6.85. The number of hydrogen-bond acceptors (Lipinski definition) is 5. The van der Waals surface area contributed by atoms with Crippen molar-refractivity contribution in [3.8, 4) is 0 Å². The van der Waals surface area contributed by atoms with E-state index in [9.17, 15) is 9.59 Å². The van der Waals surface area contributed by atoms with E-state index in [1.54, 1.807) is 11.0 Å². The number of aromatic nitrogens is 4. The van der Waals surface area contributed by atoms with Crippen molar-refractivity contribution in [3.05, 3.63) is 6.33 Å². The smallest absolute Gasteiger partial charge is 0.222 e. The number of likely N-dealkylation sites (tertiary alicyclic amines) is 2. The third-order valence-electron chi connectivity index (χ3n) is 4.47. The maximum atomic E-state index is 12.3. The molecule has 0 aliphatic carbocycles. The molecular formula is C14H22N6O2. The molecule has 8 heteroatoms. The fourth-order valence-electron chi connectivity index (χ4n) is 3.32. The number of carbonyl (C=O) groups is 2. The van der Waals surface area contributed by atoms with E-state index in [4.69, 9.17) is 0 Å². The van der Waals surface area contributed by atoms with Crippen molar-refractivity contribution in [2.45, 2.75) is 51.1 Å². The Bertz CT molecular complexity index is 517. The fraction of sp³-hybridized carbons (Fsp3) is 0.786. The summed E-state index contributed by atoms with van der Waals surface area (Å²) in [5.41, 5.74) is 0. The van der Waals surface area contributed by atoms with Crippen LogP contribution in [0.2, 0.25) is 0 Å². The van der Waals surface area contributed by atoms with Crippen molar-refractivity contribution < 1.29 is 9.59 Å². The molecule has 1 aromatic heterocycles. The molecule has 0 bridgehead atoms. The highest BCUT2D eigenvalue weighted by molar-refractivity contribution is 5.79. The minimum absolute atomic E-state index is 0.171. The van der Waals surface area contributed by atoms with Crippen LogP contribution in [0.5, 0.6) is 0 Å². The van der Waals surface area contributed by atoms with E-state index in [2.05, 4.69) is 15.5 Å². The van der Waals surface area contributed by atoms with E-state index in [-0.39, 0.29) is 17.9 Å². The Balaban J connectivity index is 1.46. The van der Waals surface area contributed by atoms with Crippen LogP contribution in [-0.4, -0.2) is 67.5 Å². The Morgan fingerprint density at radius 1 is 1.32 bits per heavy atom. The topological polar surface area (TPSA) is 84.2 Å². The Labute approximate surface area is 129 Å². The van der Waals surface area contributed by atoms with E-state index >= 15 is 0 Å². The van der Waals surface area contributed by atoms with Gasteiger partial charge in [-0.25, -0.2) is 4.68 Å². The van der Waals surface area contributed by atoms with Crippen molar-refractivity contribution in [1.82, 2.24) is 30.0 Å². The van der Waals surface area contributed by atoms with Gasteiger partial charge in [-0.15, -0.1) is 5.10 Å². The summed E-state index contributed by atoms with van der Waals surface area (Å²) in [5.74, 6) is 0.419. The Morgan fingerprint density at radius 2 is 2.23 bits per heavy atom. The predicted molar refractivity (Wildman–Crippen MR) is 77.6 cm³/mol. The summed E-state index contributed by atoms with van der Waals surface area (Å²) in [6, 6.07) is 0.215. The summed E-state index contributed by atoms with van der Waals surface area (Å²) < 4.78 is 1.63. The third-order valence-corrected chi connectivity index (χ3v) is 4.47. The van der Waals surface area contributed by atoms with Crippen molar-refractivity contribution in [2.24, 2.45) is 0 Å². The zero-order chi connectivity index (χ0) is 15.4. The Morgan fingerprint density at radius 3 is 2.95 bits per heavy atom. The zero-order valence-electron chi connectivity index (χ0n) is 12.7. The fourth-order valence-corrected chi connectivity index (χ4v) is 3.32. The number of nitrogens with zero attached hydrogens (tertiary/aromatic N) is 6. The molecule has 2 aliphatic rings. The molecule has 2 amide bonds. The number of hydrogen-bond donors (Lipinski definition) is 0. The number of tetrazole rings is 1. The number of piperidine rings is 1. The SMILES string of the molecule is O=C(CCCn1cnnn1)N1CCC[C@@H](N2CCCC2=O)C1. The zero-order valence-corrected chi connectivity index (χ0v) is 12.7. The van der Waals surface area contributed by atoms with Crippen LogP contribution >= 0.6 is 0 Å².